The van der Waals surface area contributed by atoms with Crippen molar-refractivity contribution in [3.63, 3.8) is 0 Å². The lowest BCUT2D eigenvalue weighted by Gasteiger charge is -2.46. The molecule has 2 aliphatic heterocycles. The third-order valence-corrected chi connectivity index (χ3v) is 7.32. The SMILES string of the molecule is CC(=O)N1CCC(N2C(C)c3cc(Br)ccc3S2(O)O)CC1. The highest BCUT2D eigenvalue weighted by atomic mass is 79.9. The van der Waals surface area contributed by atoms with Crippen LogP contribution in [0.4, 0.5) is 0 Å². The normalized spacial score (nSPS) is 26.8. The van der Waals surface area contributed by atoms with Gasteiger partial charge in [0.1, 0.15) is 0 Å². The van der Waals surface area contributed by atoms with E-state index in [2.05, 4.69) is 15.9 Å². The van der Waals surface area contributed by atoms with Gasteiger partial charge in [-0.2, -0.15) is 4.31 Å². The molecule has 1 aromatic rings. The van der Waals surface area contributed by atoms with Crippen LogP contribution in [0.15, 0.2) is 27.6 Å². The van der Waals surface area contributed by atoms with Gasteiger partial charge >= 0.3 is 0 Å². The van der Waals surface area contributed by atoms with Crippen LogP contribution in [0.3, 0.4) is 0 Å². The molecule has 0 aromatic heterocycles. The van der Waals surface area contributed by atoms with E-state index in [-0.39, 0.29) is 18.0 Å². The van der Waals surface area contributed by atoms with Gasteiger partial charge in [-0.05, 0) is 43.5 Å². The Bertz CT molecular complexity index is 602. The standard InChI is InChI=1S/C15H21BrN2O3S/c1-10-14-9-12(16)3-4-15(14)22(20,21)18(10)13-5-7-17(8-6-13)11(2)19/h3-4,9-10,13,20-21H,5-8H2,1-2H3. The highest BCUT2D eigenvalue weighted by Crippen LogP contribution is 2.64. The smallest absolute Gasteiger partial charge is 0.219 e. The Morgan fingerprint density at radius 2 is 1.95 bits per heavy atom. The molecule has 1 amide bonds. The molecule has 7 heteroatoms. The number of carbonyl (C=O) groups is 1. The molecule has 22 heavy (non-hydrogen) atoms. The number of halogens is 1. The minimum absolute atomic E-state index is 0.0358. The Hall–Kier alpha value is -0.600. The number of fused-ring (bicyclic) bond motifs is 1. The topological polar surface area (TPSA) is 64.0 Å². The number of carbonyl (C=O) groups excluding carboxylic acids is 1. The van der Waals surface area contributed by atoms with E-state index in [4.69, 9.17) is 0 Å². The van der Waals surface area contributed by atoms with Crippen LogP contribution >= 0.6 is 26.7 Å². The van der Waals surface area contributed by atoms with Crippen LogP contribution < -0.4 is 0 Å². The number of piperidine rings is 1. The first-order valence-electron chi connectivity index (χ1n) is 7.44. The van der Waals surface area contributed by atoms with Gasteiger partial charge < -0.3 is 4.90 Å². The molecular formula is C15H21BrN2O3S. The van der Waals surface area contributed by atoms with Crippen molar-refractivity contribution in [2.45, 2.75) is 43.7 Å². The molecule has 2 heterocycles. The van der Waals surface area contributed by atoms with E-state index in [0.29, 0.717) is 18.0 Å². The van der Waals surface area contributed by atoms with E-state index < -0.39 is 10.8 Å². The number of likely N-dealkylation sites (tertiary alicyclic amines) is 1. The lowest BCUT2D eigenvalue weighted by atomic mass is 10.0. The summed E-state index contributed by atoms with van der Waals surface area (Å²) in [6.45, 7) is 4.96. The molecule has 1 unspecified atom stereocenters. The molecule has 1 saturated heterocycles. The second-order valence-corrected chi connectivity index (χ2v) is 8.79. The average Bonchev–Trinajstić information content (AvgIpc) is 2.65. The van der Waals surface area contributed by atoms with Gasteiger partial charge in [0.25, 0.3) is 0 Å². The fourth-order valence-electron chi connectivity index (χ4n) is 3.53. The zero-order valence-corrected chi connectivity index (χ0v) is 15.1. The van der Waals surface area contributed by atoms with Gasteiger partial charge in [0.2, 0.25) is 5.91 Å². The predicted molar refractivity (Wildman–Crippen MR) is 90.8 cm³/mol. The zero-order chi connectivity index (χ0) is 16.1. The highest BCUT2D eigenvalue weighted by molar-refractivity contribution is 9.10. The van der Waals surface area contributed by atoms with E-state index in [9.17, 15) is 13.9 Å². The quantitative estimate of drug-likeness (QED) is 0.766. The third-order valence-electron chi connectivity index (χ3n) is 4.66. The molecule has 0 spiro atoms. The van der Waals surface area contributed by atoms with Crippen LogP contribution in [0.5, 0.6) is 0 Å². The van der Waals surface area contributed by atoms with Crippen molar-refractivity contribution in [3.8, 4) is 0 Å². The van der Waals surface area contributed by atoms with Crippen LogP contribution in [-0.2, 0) is 4.79 Å². The predicted octanol–water partition coefficient (Wildman–Crippen LogP) is 3.86. The minimum atomic E-state index is -2.94. The maximum atomic E-state index is 11.4. The van der Waals surface area contributed by atoms with Crippen LogP contribution in [0, 0.1) is 0 Å². The molecule has 0 bridgehead atoms. The second kappa shape index (κ2) is 5.79. The number of hydrogen-bond acceptors (Lipinski definition) is 4. The minimum Gasteiger partial charge on any atom is -0.343 e. The number of rotatable bonds is 1. The van der Waals surface area contributed by atoms with E-state index in [1.54, 1.807) is 13.0 Å². The van der Waals surface area contributed by atoms with Crippen molar-refractivity contribution in [3.05, 3.63) is 28.2 Å². The Morgan fingerprint density at radius 3 is 2.55 bits per heavy atom. The molecule has 0 aliphatic carbocycles. The number of hydrogen-bond donors (Lipinski definition) is 2. The van der Waals surface area contributed by atoms with Gasteiger partial charge in [0.05, 0.1) is 10.9 Å². The average molecular weight is 389 g/mol. The zero-order valence-electron chi connectivity index (χ0n) is 12.7. The second-order valence-electron chi connectivity index (χ2n) is 5.97. The maximum Gasteiger partial charge on any atom is 0.219 e. The van der Waals surface area contributed by atoms with Gasteiger partial charge in [0.15, 0.2) is 0 Å². The summed E-state index contributed by atoms with van der Waals surface area (Å²) in [6.07, 6.45) is 1.55. The van der Waals surface area contributed by atoms with E-state index in [1.165, 1.54) is 0 Å². The lowest BCUT2D eigenvalue weighted by Crippen LogP contribution is -2.46. The van der Waals surface area contributed by atoms with Crippen molar-refractivity contribution < 1.29 is 13.9 Å². The Labute approximate surface area is 140 Å². The Balaban J connectivity index is 1.85. The van der Waals surface area contributed by atoms with E-state index >= 15 is 0 Å². The Morgan fingerprint density at radius 1 is 1.32 bits per heavy atom. The first-order valence-corrected chi connectivity index (χ1v) is 9.73. The third kappa shape index (κ3) is 2.59. The van der Waals surface area contributed by atoms with Crippen molar-refractivity contribution in [1.82, 2.24) is 9.21 Å². The summed E-state index contributed by atoms with van der Waals surface area (Å²) < 4.78 is 24.3. The summed E-state index contributed by atoms with van der Waals surface area (Å²) in [5.74, 6) is 0.0896. The van der Waals surface area contributed by atoms with Crippen molar-refractivity contribution in [2.75, 3.05) is 13.1 Å². The van der Waals surface area contributed by atoms with Gasteiger partial charge in [-0.1, -0.05) is 15.9 Å². The molecule has 1 aromatic carbocycles. The molecule has 2 N–H and O–H groups in total. The summed E-state index contributed by atoms with van der Waals surface area (Å²) in [5.41, 5.74) is 0.975. The molecule has 122 valence electrons. The summed E-state index contributed by atoms with van der Waals surface area (Å²) in [6, 6.07) is 5.67. The molecule has 1 fully saturated rings. The molecular weight excluding hydrogens is 368 g/mol. The fourth-order valence-corrected chi connectivity index (χ4v) is 6.11. The molecule has 1 atom stereocenters. The first-order chi connectivity index (χ1) is 10.3. The van der Waals surface area contributed by atoms with Crippen molar-refractivity contribution in [1.29, 1.82) is 0 Å². The van der Waals surface area contributed by atoms with Gasteiger partial charge in [-0.3, -0.25) is 13.9 Å². The highest BCUT2D eigenvalue weighted by Gasteiger charge is 2.45. The van der Waals surface area contributed by atoms with Crippen molar-refractivity contribution in [2.24, 2.45) is 0 Å². The summed E-state index contributed by atoms with van der Waals surface area (Å²) in [4.78, 5) is 13.9. The van der Waals surface area contributed by atoms with Gasteiger partial charge in [0, 0.05) is 30.5 Å². The summed E-state index contributed by atoms with van der Waals surface area (Å²) in [5, 5.41) is 0. The van der Waals surface area contributed by atoms with Crippen molar-refractivity contribution >= 4 is 32.6 Å². The molecule has 0 radical (unpaired) electrons. The van der Waals surface area contributed by atoms with Crippen LogP contribution in [0.2, 0.25) is 0 Å². The molecule has 0 saturated carbocycles. The first kappa shape index (κ1) is 16.3. The van der Waals surface area contributed by atoms with Crippen LogP contribution in [-0.4, -0.2) is 43.3 Å². The Kier molecular flexibility index (Phi) is 4.28. The fraction of sp³-hybridized carbons (Fsp3) is 0.533. The van der Waals surface area contributed by atoms with Crippen LogP contribution in [0.25, 0.3) is 0 Å². The van der Waals surface area contributed by atoms with E-state index in [0.717, 1.165) is 22.9 Å². The monoisotopic (exact) mass is 388 g/mol. The van der Waals surface area contributed by atoms with Gasteiger partial charge in [-0.15, -0.1) is 10.8 Å². The maximum absolute atomic E-state index is 11.4. The summed E-state index contributed by atoms with van der Waals surface area (Å²) >= 11 is 3.45. The summed E-state index contributed by atoms with van der Waals surface area (Å²) in [7, 11) is -2.94. The molecule has 3 rings (SSSR count). The molecule has 5 nitrogen and oxygen atoms in total. The van der Waals surface area contributed by atoms with Crippen LogP contribution in [0.1, 0.15) is 38.3 Å². The largest absolute Gasteiger partial charge is 0.343 e. The van der Waals surface area contributed by atoms with E-state index in [1.807, 2.05) is 28.3 Å². The number of benzene rings is 1. The lowest BCUT2D eigenvalue weighted by molar-refractivity contribution is -0.130. The molecule has 2 aliphatic rings. The van der Waals surface area contributed by atoms with Gasteiger partial charge in [-0.25, -0.2) is 0 Å². The number of amides is 1. The number of nitrogens with zero attached hydrogens (tertiary/aromatic N) is 2.